The SMILES string of the molecule is Cc1ccc(OCC2CN(C(=O)OC(C)(C)C)CCC2c2ccc(Cl)cc2)c(C#N)c1. The van der Waals surface area contributed by atoms with Crippen LogP contribution < -0.4 is 4.74 Å². The lowest BCUT2D eigenvalue weighted by Gasteiger charge is -2.39. The molecule has 1 saturated heterocycles. The molecule has 1 aliphatic heterocycles. The van der Waals surface area contributed by atoms with Gasteiger partial charge in [0.2, 0.25) is 0 Å². The van der Waals surface area contributed by atoms with Gasteiger partial charge in [-0.05, 0) is 75.4 Å². The molecule has 3 rings (SSSR count). The van der Waals surface area contributed by atoms with Gasteiger partial charge < -0.3 is 14.4 Å². The summed E-state index contributed by atoms with van der Waals surface area (Å²) >= 11 is 6.08. The average Bonchev–Trinajstić information content (AvgIpc) is 2.72. The molecule has 0 aromatic heterocycles. The molecule has 1 heterocycles. The summed E-state index contributed by atoms with van der Waals surface area (Å²) < 4.78 is 11.7. The van der Waals surface area contributed by atoms with E-state index < -0.39 is 5.60 Å². The Bertz CT molecular complexity index is 960. The Labute approximate surface area is 189 Å². The Kier molecular flexibility index (Phi) is 7.12. The van der Waals surface area contributed by atoms with Gasteiger partial charge >= 0.3 is 6.09 Å². The molecule has 164 valence electrons. The van der Waals surface area contributed by atoms with Crippen molar-refractivity contribution >= 4 is 17.7 Å². The van der Waals surface area contributed by atoms with Crippen LogP contribution in [-0.4, -0.2) is 36.3 Å². The van der Waals surface area contributed by atoms with Gasteiger partial charge in [-0.2, -0.15) is 5.26 Å². The summed E-state index contributed by atoms with van der Waals surface area (Å²) in [4.78, 5) is 14.4. The molecule has 2 unspecified atom stereocenters. The van der Waals surface area contributed by atoms with Gasteiger partial charge in [0.05, 0.1) is 12.2 Å². The van der Waals surface area contributed by atoms with Crippen LogP contribution in [0.3, 0.4) is 0 Å². The van der Waals surface area contributed by atoms with Gasteiger partial charge in [-0.15, -0.1) is 0 Å². The van der Waals surface area contributed by atoms with Crippen molar-refractivity contribution in [1.29, 1.82) is 5.26 Å². The Morgan fingerprint density at radius 1 is 1.23 bits per heavy atom. The molecule has 0 radical (unpaired) electrons. The topological polar surface area (TPSA) is 62.6 Å². The molecule has 2 aromatic rings. The first-order valence-corrected chi connectivity index (χ1v) is 10.9. The lowest BCUT2D eigenvalue weighted by atomic mass is 9.81. The van der Waals surface area contributed by atoms with Crippen LogP contribution in [0.15, 0.2) is 42.5 Å². The first-order chi connectivity index (χ1) is 14.7. The van der Waals surface area contributed by atoms with Crippen LogP contribution in [-0.2, 0) is 4.74 Å². The zero-order chi connectivity index (χ0) is 22.6. The standard InChI is InChI=1S/C25H29ClN2O3/c1-17-5-10-23(19(13-17)14-27)30-16-20-15-28(24(29)31-25(2,3)4)12-11-22(20)18-6-8-21(26)9-7-18/h5-10,13,20,22H,11-12,15-16H2,1-4H3. The van der Waals surface area contributed by atoms with Crippen molar-refractivity contribution in [2.75, 3.05) is 19.7 Å². The van der Waals surface area contributed by atoms with Crippen molar-refractivity contribution in [3.05, 3.63) is 64.2 Å². The molecule has 5 nitrogen and oxygen atoms in total. The van der Waals surface area contributed by atoms with Gasteiger partial charge in [-0.3, -0.25) is 0 Å². The second-order valence-electron chi connectivity index (χ2n) is 9.06. The van der Waals surface area contributed by atoms with Crippen LogP contribution in [0.1, 0.15) is 49.8 Å². The summed E-state index contributed by atoms with van der Waals surface area (Å²) in [5, 5.41) is 10.1. The molecule has 2 atom stereocenters. The molecular weight excluding hydrogens is 412 g/mol. The molecule has 1 amide bonds. The number of carbonyl (C=O) groups excluding carboxylic acids is 1. The lowest BCUT2D eigenvalue weighted by molar-refractivity contribution is 0.0111. The van der Waals surface area contributed by atoms with Crippen LogP contribution in [0.5, 0.6) is 5.75 Å². The van der Waals surface area contributed by atoms with E-state index in [1.165, 1.54) is 5.56 Å². The maximum Gasteiger partial charge on any atom is 0.410 e. The van der Waals surface area contributed by atoms with Crippen LogP contribution in [0, 0.1) is 24.2 Å². The molecule has 1 aliphatic rings. The largest absolute Gasteiger partial charge is 0.492 e. The minimum absolute atomic E-state index is 0.0512. The highest BCUT2D eigenvalue weighted by atomic mass is 35.5. The number of carbonyl (C=O) groups is 1. The summed E-state index contributed by atoms with van der Waals surface area (Å²) in [7, 11) is 0. The van der Waals surface area contributed by atoms with Crippen molar-refractivity contribution in [3.8, 4) is 11.8 Å². The summed E-state index contributed by atoms with van der Waals surface area (Å²) in [6, 6.07) is 15.6. The number of rotatable bonds is 4. The highest BCUT2D eigenvalue weighted by Crippen LogP contribution is 2.35. The van der Waals surface area contributed by atoms with Crippen LogP contribution in [0.25, 0.3) is 0 Å². The number of ether oxygens (including phenoxy) is 2. The summed E-state index contributed by atoms with van der Waals surface area (Å²) in [6.07, 6.45) is 0.494. The summed E-state index contributed by atoms with van der Waals surface area (Å²) in [6.45, 7) is 9.08. The van der Waals surface area contributed by atoms with E-state index in [1.54, 1.807) is 4.90 Å². The van der Waals surface area contributed by atoms with Crippen LogP contribution in [0.2, 0.25) is 5.02 Å². The van der Waals surface area contributed by atoms with E-state index in [9.17, 15) is 10.1 Å². The number of likely N-dealkylation sites (tertiary alicyclic amines) is 1. The number of hydrogen-bond acceptors (Lipinski definition) is 4. The number of nitrogens with zero attached hydrogens (tertiary/aromatic N) is 2. The van der Waals surface area contributed by atoms with Crippen molar-refractivity contribution < 1.29 is 14.3 Å². The second-order valence-corrected chi connectivity index (χ2v) is 9.49. The zero-order valence-corrected chi connectivity index (χ0v) is 19.3. The van der Waals surface area contributed by atoms with Gasteiger partial charge in [0.15, 0.2) is 0 Å². The van der Waals surface area contributed by atoms with Crippen molar-refractivity contribution in [2.24, 2.45) is 5.92 Å². The van der Waals surface area contributed by atoms with E-state index >= 15 is 0 Å². The normalized spacial score (nSPS) is 18.9. The predicted octanol–water partition coefficient (Wildman–Crippen LogP) is 5.94. The van der Waals surface area contributed by atoms with Crippen molar-refractivity contribution in [2.45, 2.75) is 45.6 Å². The molecule has 0 bridgehead atoms. The maximum absolute atomic E-state index is 12.7. The van der Waals surface area contributed by atoms with Gasteiger partial charge in [0.25, 0.3) is 0 Å². The molecule has 6 heteroatoms. The van der Waals surface area contributed by atoms with Gasteiger partial charge in [0.1, 0.15) is 17.4 Å². The minimum atomic E-state index is -0.542. The van der Waals surface area contributed by atoms with E-state index in [-0.39, 0.29) is 17.9 Å². The first-order valence-electron chi connectivity index (χ1n) is 10.5. The minimum Gasteiger partial charge on any atom is -0.492 e. The third kappa shape index (κ3) is 6.15. The molecule has 31 heavy (non-hydrogen) atoms. The monoisotopic (exact) mass is 440 g/mol. The number of amides is 1. The second kappa shape index (κ2) is 9.62. The van der Waals surface area contributed by atoms with E-state index in [4.69, 9.17) is 21.1 Å². The predicted molar refractivity (Wildman–Crippen MR) is 121 cm³/mol. The summed E-state index contributed by atoms with van der Waals surface area (Å²) in [5.41, 5.74) is 2.16. The molecule has 0 aliphatic carbocycles. The Morgan fingerprint density at radius 2 is 1.94 bits per heavy atom. The van der Waals surface area contributed by atoms with Crippen molar-refractivity contribution in [3.63, 3.8) is 0 Å². The maximum atomic E-state index is 12.7. The fourth-order valence-electron chi connectivity index (χ4n) is 3.90. The number of hydrogen-bond donors (Lipinski definition) is 0. The molecule has 2 aromatic carbocycles. The molecule has 0 saturated carbocycles. The Balaban J connectivity index is 1.80. The van der Waals surface area contributed by atoms with Gasteiger partial charge in [-0.25, -0.2) is 4.79 Å². The quantitative estimate of drug-likeness (QED) is 0.590. The third-order valence-electron chi connectivity index (χ3n) is 5.39. The molecule has 1 fully saturated rings. The fraction of sp³-hybridized carbons (Fsp3) is 0.440. The molecule has 0 spiro atoms. The number of halogens is 1. The van der Waals surface area contributed by atoms with E-state index in [2.05, 4.69) is 6.07 Å². The number of aryl methyl sites for hydroxylation is 1. The van der Waals surface area contributed by atoms with Crippen molar-refractivity contribution in [1.82, 2.24) is 4.90 Å². The van der Waals surface area contributed by atoms with E-state index in [0.717, 1.165) is 12.0 Å². The number of piperidine rings is 1. The molecule has 0 N–H and O–H groups in total. The van der Waals surface area contributed by atoms with Crippen LogP contribution in [0.4, 0.5) is 4.79 Å². The average molecular weight is 441 g/mol. The van der Waals surface area contributed by atoms with E-state index in [0.29, 0.717) is 36.0 Å². The summed E-state index contributed by atoms with van der Waals surface area (Å²) in [5.74, 6) is 0.833. The van der Waals surface area contributed by atoms with Gasteiger partial charge in [-0.1, -0.05) is 29.8 Å². The van der Waals surface area contributed by atoms with Gasteiger partial charge in [0, 0.05) is 24.0 Å². The van der Waals surface area contributed by atoms with E-state index in [1.807, 2.05) is 70.2 Å². The lowest BCUT2D eigenvalue weighted by Crippen LogP contribution is -2.46. The zero-order valence-electron chi connectivity index (χ0n) is 18.5. The first kappa shape index (κ1) is 23.0. The highest BCUT2D eigenvalue weighted by molar-refractivity contribution is 6.30. The van der Waals surface area contributed by atoms with Crippen LogP contribution >= 0.6 is 11.6 Å². The fourth-order valence-corrected chi connectivity index (χ4v) is 4.02. The Hall–Kier alpha value is -2.71. The Morgan fingerprint density at radius 3 is 2.58 bits per heavy atom. The number of nitriles is 1. The molecular formula is C25H29ClN2O3. The smallest absolute Gasteiger partial charge is 0.410 e. The highest BCUT2D eigenvalue weighted by Gasteiger charge is 2.35. The third-order valence-corrected chi connectivity index (χ3v) is 5.64. The number of benzene rings is 2.